The summed E-state index contributed by atoms with van der Waals surface area (Å²) >= 11 is 0. The minimum atomic E-state index is -0.928. The van der Waals surface area contributed by atoms with E-state index in [1.165, 1.54) is 23.3 Å². The number of hydrogen-bond donors (Lipinski definition) is 3. The Labute approximate surface area is 150 Å². The zero-order chi connectivity index (χ0) is 17.4. The second-order valence-corrected chi connectivity index (χ2v) is 4.91. The van der Waals surface area contributed by atoms with Gasteiger partial charge in [0.25, 0.3) is 6.33 Å². The minimum absolute atomic E-state index is 0. The molecule has 10 nitrogen and oxygen atoms in total. The van der Waals surface area contributed by atoms with Crippen molar-refractivity contribution in [3.63, 3.8) is 0 Å². The third-order valence-corrected chi connectivity index (χ3v) is 2.99. The molecule has 0 aliphatic carbocycles. The Morgan fingerprint density at radius 2 is 2.00 bits per heavy atom. The molecule has 0 aliphatic heterocycles. The summed E-state index contributed by atoms with van der Waals surface area (Å²) in [5.41, 5.74) is 0. The van der Waals surface area contributed by atoms with Crippen LogP contribution in [0.2, 0.25) is 0 Å². The Morgan fingerprint density at radius 1 is 1.28 bits per heavy atom. The fraction of sp³-hybridized carbons (Fsp3) is 0.357. The molecule has 0 radical (unpaired) electrons. The van der Waals surface area contributed by atoms with Gasteiger partial charge in [-0.25, -0.2) is 4.57 Å². The summed E-state index contributed by atoms with van der Waals surface area (Å²) in [7, 11) is 0. The van der Waals surface area contributed by atoms with E-state index >= 15 is 0 Å². The summed E-state index contributed by atoms with van der Waals surface area (Å²) < 4.78 is 4.05. The van der Waals surface area contributed by atoms with Crippen LogP contribution in [0.3, 0.4) is 0 Å². The molecule has 0 saturated carbocycles. The van der Waals surface area contributed by atoms with Gasteiger partial charge in [0, 0.05) is 18.9 Å². The number of imidazole rings is 1. The normalized spacial score (nSPS) is 12.8. The first-order chi connectivity index (χ1) is 11.6. The first kappa shape index (κ1) is 20.5. The van der Waals surface area contributed by atoms with Crippen LogP contribution in [-0.2, 0) is 6.54 Å². The highest BCUT2D eigenvalue weighted by molar-refractivity contribution is 5.79. The number of hydrogen-bond acceptors (Lipinski definition) is 6. The van der Waals surface area contributed by atoms with Gasteiger partial charge in [-0.15, -0.1) is 15.3 Å². The third-order valence-electron chi connectivity index (χ3n) is 2.99. The predicted molar refractivity (Wildman–Crippen MR) is 83.0 cm³/mol. The van der Waals surface area contributed by atoms with Gasteiger partial charge in [-0.05, 0) is 19.1 Å². The Bertz CT molecular complexity index is 764. The van der Waals surface area contributed by atoms with Crippen LogP contribution < -0.4 is 22.3 Å². The minimum Gasteiger partial charge on any atom is -1.00 e. The number of aliphatic hydroxyl groups excluding tert-OH is 2. The fourth-order valence-electron chi connectivity index (χ4n) is 1.78. The highest BCUT2D eigenvalue weighted by atomic mass is 35.5. The van der Waals surface area contributed by atoms with Crippen molar-refractivity contribution in [3.05, 3.63) is 48.6 Å². The maximum atomic E-state index is 9.83. The van der Waals surface area contributed by atoms with E-state index < -0.39 is 6.23 Å². The van der Waals surface area contributed by atoms with Gasteiger partial charge in [-0.1, -0.05) is 4.73 Å². The van der Waals surface area contributed by atoms with Crippen molar-refractivity contribution in [1.29, 1.82) is 0 Å². The molecule has 2 rings (SSSR count). The quantitative estimate of drug-likeness (QED) is 0.123. The maximum Gasteiger partial charge on any atom is 0.286 e. The molecular weight excluding hydrogens is 350 g/mol. The number of nitrogens with zero attached hydrogens (tertiary/aromatic N) is 7. The van der Waals surface area contributed by atoms with Crippen molar-refractivity contribution < 1.29 is 32.4 Å². The molecule has 3 N–H and O–H groups in total. The lowest BCUT2D eigenvalue weighted by Crippen LogP contribution is -3.00. The number of azo groups is 1. The number of pyridine rings is 1. The number of halogens is 1. The van der Waals surface area contributed by atoms with E-state index in [4.69, 9.17) is 10.3 Å². The molecule has 0 saturated heterocycles. The first-order valence-electron chi connectivity index (χ1n) is 7.27. The zero-order valence-corrected chi connectivity index (χ0v) is 14.3. The number of aromatic nitrogens is 3. The van der Waals surface area contributed by atoms with Gasteiger partial charge in [0.1, 0.15) is 12.7 Å². The Morgan fingerprint density at radius 3 is 2.60 bits per heavy atom. The van der Waals surface area contributed by atoms with Crippen LogP contribution in [-0.4, -0.2) is 43.7 Å². The molecule has 0 aliphatic rings. The van der Waals surface area contributed by atoms with E-state index in [2.05, 4.69) is 20.4 Å². The van der Waals surface area contributed by atoms with Gasteiger partial charge in [0.05, 0.1) is 12.0 Å². The smallest absolute Gasteiger partial charge is 0.286 e. The van der Waals surface area contributed by atoms with Crippen molar-refractivity contribution >= 4 is 5.84 Å². The molecular formula is C14H20ClN7O3. The highest BCUT2D eigenvalue weighted by Crippen LogP contribution is 1.93. The lowest BCUT2D eigenvalue weighted by atomic mass is 10.4. The van der Waals surface area contributed by atoms with Crippen LogP contribution in [0.15, 0.2) is 63.7 Å². The van der Waals surface area contributed by atoms with Gasteiger partial charge >= 0.3 is 0 Å². The summed E-state index contributed by atoms with van der Waals surface area (Å²) in [6.07, 6.45) is 6.87. The molecule has 1 atom stereocenters. The fourth-order valence-corrected chi connectivity index (χ4v) is 1.78. The summed E-state index contributed by atoms with van der Waals surface area (Å²) in [5, 5.41) is 44.1. The van der Waals surface area contributed by atoms with Gasteiger partial charge in [-0.3, -0.25) is 0 Å². The van der Waals surface area contributed by atoms with Gasteiger partial charge < -0.3 is 32.4 Å². The molecule has 2 heterocycles. The summed E-state index contributed by atoms with van der Waals surface area (Å²) in [4.78, 5) is 0. The van der Waals surface area contributed by atoms with Crippen LogP contribution in [0.25, 0.3) is 0 Å². The van der Waals surface area contributed by atoms with Crippen molar-refractivity contribution in [1.82, 2.24) is 9.30 Å². The van der Waals surface area contributed by atoms with Crippen molar-refractivity contribution in [2.75, 3.05) is 13.2 Å². The lowest BCUT2D eigenvalue weighted by molar-refractivity contribution is -0.757. The summed E-state index contributed by atoms with van der Waals surface area (Å²) in [6.45, 7) is 2.27. The van der Waals surface area contributed by atoms with Crippen LogP contribution in [0.1, 0.15) is 13.2 Å². The van der Waals surface area contributed by atoms with Crippen molar-refractivity contribution in [3.8, 4) is 0 Å². The monoisotopic (exact) mass is 369 g/mol. The zero-order valence-electron chi connectivity index (χ0n) is 13.6. The Hall–Kier alpha value is -2.56. The summed E-state index contributed by atoms with van der Waals surface area (Å²) in [5.74, 6) is 0.346. The second-order valence-electron chi connectivity index (χ2n) is 4.91. The predicted octanol–water partition coefficient (Wildman–Crippen LogP) is -3.31. The van der Waals surface area contributed by atoms with Crippen LogP contribution >= 0.6 is 0 Å². The van der Waals surface area contributed by atoms with E-state index in [-0.39, 0.29) is 25.6 Å². The number of rotatable bonds is 6. The van der Waals surface area contributed by atoms with E-state index in [0.29, 0.717) is 17.7 Å². The molecule has 1 unspecified atom stereocenters. The topological polar surface area (TPSA) is 124 Å². The van der Waals surface area contributed by atoms with Crippen molar-refractivity contribution in [2.24, 2.45) is 20.4 Å². The van der Waals surface area contributed by atoms with Gasteiger partial charge in [-0.2, -0.15) is 5.11 Å². The molecule has 11 heteroatoms. The van der Waals surface area contributed by atoms with Crippen molar-refractivity contribution in [2.45, 2.75) is 19.7 Å². The standard InChI is InChI=1S/C14H20N7O3.ClH/c1-12(16-15-10-14(23)20-6-7-21(24)11-20)17-18-13-2-4-19(5-3-13)8-9-22;/h2-7,11,14,22-24H,8-10H2,1H3;1H/q+1;/p-1. The molecule has 0 amide bonds. The third kappa shape index (κ3) is 6.83. The van der Waals surface area contributed by atoms with E-state index in [0.717, 1.165) is 4.73 Å². The SMILES string of the molecule is CC(N=NCC(O)[n+]1ccn(O)c1)=NN=c1ccn(CCO)cc1.[Cl-]. The molecule has 0 spiro atoms. The van der Waals surface area contributed by atoms with E-state index in [1.807, 2.05) is 4.57 Å². The molecule has 25 heavy (non-hydrogen) atoms. The van der Waals surface area contributed by atoms with E-state index in [1.54, 1.807) is 31.5 Å². The molecule has 0 bridgehead atoms. The van der Waals surface area contributed by atoms with Gasteiger partial charge in [0.15, 0.2) is 12.0 Å². The maximum absolute atomic E-state index is 9.83. The Balaban J connectivity index is 0.00000312. The molecule has 0 fully saturated rings. The number of amidine groups is 1. The number of aliphatic hydroxyl groups is 2. The molecule has 136 valence electrons. The molecule has 2 aromatic rings. The first-order valence-corrected chi connectivity index (χ1v) is 7.27. The average molecular weight is 370 g/mol. The molecule has 0 aromatic carbocycles. The largest absolute Gasteiger partial charge is 1.00 e. The average Bonchev–Trinajstić information content (AvgIpc) is 3.01. The van der Waals surface area contributed by atoms with E-state index in [9.17, 15) is 5.11 Å². The lowest BCUT2D eigenvalue weighted by Gasteiger charge is -2.01. The molecule has 2 aromatic heterocycles. The van der Waals surface area contributed by atoms with Gasteiger partial charge in [0.2, 0.25) is 6.23 Å². The Kier molecular flexibility index (Phi) is 8.47. The highest BCUT2D eigenvalue weighted by Gasteiger charge is 2.12. The van der Waals surface area contributed by atoms with Crippen LogP contribution in [0.5, 0.6) is 0 Å². The second kappa shape index (κ2) is 10.3. The summed E-state index contributed by atoms with van der Waals surface area (Å²) in [6, 6.07) is 3.53. The van der Waals surface area contributed by atoms with Crippen LogP contribution in [0.4, 0.5) is 0 Å². The van der Waals surface area contributed by atoms with Crippen LogP contribution in [0, 0.1) is 0 Å².